The van der Waals surface area contributed by atoms with Gasteiger partial charge in [0.2, 0.25) is 0 Å². The molecule has 0 radical (unpaired) electrons. The Kier molecular flexibility index (Phi) is 6.67. The number of carbonyl (C=O) groups is 1. The molecule has 0 aromatic heterocycles. The Morgan fingerprint density at radius 2 is 1.31 bits per heavy atom. The highest BCUT2D eigenvalue weighted by Crippen LogP contribution is 2.59. The van der Waals surface area contributed by atoms with Crippen LogP contribution in [0.3, 0.4) is 0 Å². The number of hydrogen-bond acceptors (Lipinski definition) is 3. The average molecular weight is 447 g/mol. The molecule has 4 fully saturated rings. The highest BCUT2D eigenvalue weighted by atomic mass is 16.3. The summed E-state index contributed by atoms with van der Waals surface area (Å²) in [5.74, 6) is 0.773. The van der Waals surface area contributed by atoms with E-state index in [0.717, 1.165) is 38.5 Å². The third kappa shape index (κ3) is 4.90. The maximum atomic E-state index is 11.5. The van der Waals surface area contributed by atoms with Crippen molar-refractivity contribution in [1.82, 2.24) is 0 Å². The van der Waals surface area contributed by atoms with Crippen molar-refractivity contribution in [2.24, 2.45) is 27.6 Å². The second-order valence-corrected chi connectivity index (χ2v) is 14.4. The van der Waals surface area contributed by atoms with Crippen molar-refractivity contribution in [2.45, 2.75) is 137 Å². The lowest BCUT2D eigenvalue weighted by Gasteiger charge is -2.58. The summed E-state index contributed by atoms with van der Waals surface area (Å²) in [6.45, 7) is 19.7. The predicted octanol–water partition coefficient (Wildman–Crippen LogP) is 7.00. The van der Waals surface area contributed by atoms with Crippen LogP contribution >= 0.6 is 0 Å². The van der Waals surface area contributed by atoms with Gasteiger partial charge in [-0.15, -0.1) is 0 Å². The molecule has 32 heavy (non-hydrogen) atoms. The van der Waals surface area contributed by atoms with Crippen LogP contribution in [0.1, 0.15) is 126 Å². The number of allylic oxidation sites excluding steroid dienone is 1. The number of fused-ring (bicyclic) bond motifs is 2. The molecule has 0 bridgehead atoms. The zero-order valence-electron chi connectivity index (χ0n) is 22.1. The SMILES string of the molecule is C=C(C)[C@@H]1CC[C@]2(C)CCC(C)(C)C[C@]2(O)C1.CC1(C)CC[C@@]2(C)CCC(=O)C[C@@]2(O)C1. The quantitative estimate of drug-likeness (QED) is 0.426. The highest BCUT2D eigenvalue weighted by molar-refractivity contribution is 5.80. The van der Waals surface area contributed by atoms with E-state index in [4.69, 9.17) is 0 Å². The monoisotopic (exact) mass is 446 g/mol. The summed E-state index contributed by atoms with van der Waals surface area (Å²) in [7, 11) is 0. The van der Waals surface area contributed by atoms with E-state index in [0.29, 0.717) is 24.2 Å². The minimum absolute atomic E-state index is 0.0174. The third-order valence-electron chi connectivity index (χ3n) is 10.3. The summed E-state index contributed by atoms with van der Waals surface area (Å²) in [4.78, 5) is 11.5. The second-order valence-electron chi connectivity index (χ2n) is 14.4. The maximum absolute atomic E-state index is 11.5. The first kappa shape index (κ1) is 25.9. The number of hydrogen-bond donors (Lipinski definition) is 2. The number of aliphatic hydroxyl groups is 2. The van der Waals surface area contributed by atoms with Gasteiger partial charge < -0.3 is 10.2 Å². The maximum Gasteiger partial charge on any atom is 0.135 e. The summed E-state index contributed by atoms with van der Waals surface area (Å²) in [5, 5.41) is 21.9. The first-order valence-corrected chi connectivity index (χ1v) is 13.1. The number of rotatable bonds is 1. The van der Waals surface area contributed by atoms with Crippen molar-refractivity contribution < 1.29 is 15.0 Å². The van der Waals surface area contributed by atoms with E-state index in [1.165, 1.54) is 31.3 Å². The van der Waals surface area contributed by atoms with E-state index in [2.05, 4.69) is 55.0 Å². The van der Waals surface area contributed by atoms with Crippen LogP contribution < -0.4 is 0 Å². The summed E-state index contributed by atoms with van der Waals surface area (Å²) in [6.07, 6.45) is 11.6. The van der Waals surface area contributed by atoms with Crippen LogP contribution in [0.25, 0.3) is 0 Å². The Balaban J connectivity index is 0.000000182. The fourth-order valence-corrected chi connectivity index (χ4v) is 7.44. The van der Waals surface area contributed by atoms with Crippen molar-refractivity contribution >= 4 is 5.78 Å². The standard InChI is InChI=1S/C16H28O.C13H22O2/c1-12(2)13-6-7-15(5)9-8-14(3,4)11-16(15,17)10-13;1-11(2)6-7-12(3)5-4-10(14)8-13(12,15)9-11/h13,17H,1,6-11H2,2-5H3;15H,4-9H2,1-3H3/t13-,15-,16-;12-,13-/m11/s1. The molecule has 0 saturated heterocycles. The molecule has 4 aliphatic rings. The molecule has 4 saturated carbocycles. The number of carbonyl (C=O) groups excluding carboxylic acids is 1. The lowest BCUT2D eigenvalue weighted by Crippen LogP contribution is -2.56. The van der Waals surface area contributed by atoms with E-state index < -0.39 is 11.2 Å². The van der Waals surface area contributed by atoms with E-state index >= 15 is 0 Å². The first-order valence-electron chi connectivity index (χ1n) is 13.1. The molecule has 4 rings (SSSR count). The fourth-order valence-electron chi connectivity index (χ4n) is 7.44. The minimum Gasteiger partial charge on any atom is -0.389 e. The molecule has 5 atom stereocenters. The molecule has 0 aromatic carbocycles. The van der Waals surface area contributed by atoms with Gasteiger partial charge in [-0.3, -0.25) is 4.79 Å². The fraction of sp³-hybridized carbons (Fsp3) is 0.897. The largest absolute Gasteiger partial charge is 0.389 e. The van der Waals surface area contributed by atoms with Crippen LogP contribution in [-0.4, -0.2) is 27.2 Å². The van der Waals surface area contributed by atoms with Gasteiger partial charge in [0.25, 0.3) is 0 Å². The summed E-state index contributed by atoms with van der Waals surface area (Å²) in [5.41, 5.74) is 0.673. The van der Waals surface area contributed by atoms with Gasteiger partial charge in [-0.1, -0.05) is 53.7 Å². The minimum atomic E-state index is -0.732. The predicted molar refractivity (Wildman–Crippen MR) is 132 cm³/mol. The van der Waals surface area contributed by atoms with Crippen LogP contribution in [0, 0.1) is 27.6 Å². The van der Waals surface area contributed by atoms with Crippen LogP contribution in [0.2, 0.25) is 0 Å². The van der Waals surface area contributed by atoms with Crippen LogP contribution in [0.5, 0.6) is 0 Å². The summed E-state index contributed by atoms with van der Waals surface area (Å²) >= 11 is 0. The zero-order chi connectivity index (χ0) is 24.2. The molecule has 0 unspecified atom stereocenters. The molecule has 4 aliphatic carbocycles. The second kappa shape index (κ2) is 8.22. The first-order chi connectivity index (χ1) is 14.4. The van der Waals surface area contributed by atoms with Crippen molar-refractivity contribution in [3.8, 4) is 0 Å². The normalized spacial score (nSPS) is 45.0. The van der Waals surface area contributed by atoms with Gasteiger partial charge in [0.05, 0.1) is 11.2 Å². The Morgan fingerprint density at radius 3 is 1.84 bits per heavy atom. The van der Waals surface area contributed by atoms with Crippen molar-refractivity contribution in [3.05, 3.63) is 12.2 Å². The molecule has 184 valence electrons. The van der Waals surface area contributed by atoms with E-state index in [-0.39, 0.29) is 22.0 Å². The Labute approximate surface area is 197 Å². The summed E-state index contributed by atoms with van der Waals surface area (Å²) in [6, 6.07) is 0. The molecular weight excluding hydrogens is 396 g/mol. The van der Waals surface area contributed by atoms with E-state index in [1.54, 1.807) is 0 Å². The van der Waals surface area contributed by atoms with E-state index in [1.807, 2.05) is 0 Å². The van der Waals surface area contributed by atoms with Gasteiger partial charge in [0.1, 0.15) is 5.78 Å². The Bertz CT molecular complexity index is 752. The lowest BCUT2D eigenvalue weighted by molar-refractivity contribution is -0.170. The molecule has 0 aliphatic heterocycles. The van der Waals surface area contributed by atoms with Gasteiger partial charge in [-0.05, 0) is 98.7 Å². The molecule has 0 spiro atoms. The number of ketones is 1. The van der Waals surface area contributed by atoms with Crippen LogP contribution in [0.4, 0.5) is 0 Å². The van der Waals surface area contributed by atoms with Crippen LogP contribution in [-0.2, 0) is 4.79 Å². The highest BCUT2D eigenvalue weighted by Gasteiger charge is 2.56. The summed E-state index contributed by atoms with van der Waals surface area (Å²) < 4.78 is 0. The van der Waals surface area contributed by atoms with E-state index in [9.17, 15) is 15.0 Å². The van der Waals surface area contributed by atoms with Crippen molar-refractivity contribution in [1.29, 1.82) is 0 Å². The molecule has 3 nitrogen and oxygen atoms in total. The van der Waals surface area contributed by atoms with Crippen molar-refractivity contribution in [3.63, 3.8) is 0 Å². The Hall–Kier alpha value is -0.670. The average Bonchev–Trinajstić information content (AvgIpc) is 2.63. The third-order valence-corrected chi connectivity index (χ3v) is 10.3. The smallest absolute Gasteiger partial charge is 0.135 e. The lowest BCUT2D eigenvalue weighted by atomic mass is 9.50. The van der Waals surface area contributed by atoms with Gasteiger partial charge in [-0.25, -0.2) is 0 Å². The Morgan fingerprint density at radius 1 is 0.812 bits per heavy atom. The van der Waals surface area contributed by atoms with Gasteiger partial charge in [0.15, 0.2) is 0 Å². The number of Topliss-reactive ketones (excluding diaryl/α,β-unsaturated/α-hetero) is 1. The van der Waals surface area contributed by atoms with Gasteiger partial charge in [0, 0.05) is 12.8 Å². The molecule has 0 heterocycles. The van der Waals surface area contributed by atoms with Crippen LogP contribution in [0.15, 0.2) is 12.2 Å². The molecule has 2 N–H and O–H groups in total. The molecule has 0 aromatic rings. The topological polar surface area (TPSA) is 57.5 Å². The molecule has 3 heteroatoms. The molecule has 0 amide bonds. The van der Waals surface area contributed by atoms with Gasteiger partial charge >= 0.3 is 0 Å². The zero-order valence-corrected chi connectivity index (χ0v) is 22.1. The van der Waals surface area contributed by atoms with Crippen molar-refractivity contribution in [2.75, 3.05) is 0 Å². The molecular formula is C29H50O3. The van der Waals surface area contributed by atoms with Gasteiger partial charge in [-0.2, -0.15) is 0 Å².